The average molecular weight is 585 g/mol. The van der Waals surface area contributed by atoms with Gasteiger partial charge in [0.2, 0.25) is 10.0 Å². The monoisotopic (exact) mass is 584 g/mol. The van der Waals surface area contributed by atoms with E-state index in [2.05, 4.69) is 10.6 Å². The third kappa shape index (κ3) is 6.84. The van der Waals surface area contributed by atoms with Crippen molar-refractivity contribution < 1.29 is 32.2 Å². The van der Waals surface area contributed by atoms with Gasteiger partial charge in [0.25, 0.3) is 5.91 Å². The summed E-state index contributed by atoms with van der Waals surface area (Å²) >= 11 is 0. The lowest BCUT2D eigenvalue weighted by atomic mass is 9.99. The second-order valence-electron chi connectivity index (χ2n) is 9.99. The van der Waals surface area contributed by atoms with E-state index in [0.29, 0.717) is 5.69 Å². The van der Waals surface area contributed by atoms with Crippen LogP contribution in [0.25, 0.3) is 0 Å². The van der Waals surface area contributed by atoms with Crippen LogP contribution in [-0.2, 0) is 10.0 Å². The van der Waals surface area contributed by atoms with E-state index in [-0.39, 0.29) is 41.6 Å². The zero-order chi connectivity index (χ0) is 29.7. The molecule has 3 N–H and O–H groups in total. The van der Waals surface area contributed by atoms with E-state index in [1.165, 1.54) is 24.1 Å². The summed E-state index contributed by atoms with van der Waals surface area (Å²) in [6.45, 7) is 3.32. The number of hydrogen-bond acceptors (Lipinski definition) is 6. The van der Waals surface area contributed by atoms with Crippen LogP contribution in [0.1, 0.15) is 24.2 Å². The molecule has 1 aliphatic heterocycles. The lowest BCUT2D eigenvalue weighted by Crippen LogP contribution is -2.50. The van der Waals surface area contributed by atoms with Gasteiger partial charge >= 0.3 is 6.03 Å². The molecule has 10 nitrogen and oxygen atoms in total. The minimum atomic E-state index is -4.00. The summed E-state index contributed by atoms with van der Waals surface area (Å²) in [5, 5.41) is 15.3. The Labute approximate surface area is 238 Å². The van der Waals surface area contributed by atoms with E-state index in [1.54, 1.807) is 49.4 Å². The van der Waals surface area contributed by atoms with Crippen LogP contribution in [-0.4, -0.2) is 73.6 Å². The van der Waals surface area contributed by atoms with Crippen LogP contribution in [0, 0.1) is 11.7 Å². The van der Waals surface area contributed by atoms with Crippen molar-refractivity contribution in [2.45, 2.75) is 30.9 Å². The second kappa shape index (κ2) is 12.7. The van der Waals surface area contributed by atoms with E-state index < -0.39 is 45.8 Å². The summed E-state index contributed by atoms with van der Waals surface area (Å²) in [5.74, 6) is -1.26. The van der Waals surface area contributed by atoms with Gasteiger partial charge in [0.15, 0.2) is 5.75 Å². The fourth-order valence-corrected chi connectivity index (χ4v) is 5.69. The maximum absolute atomic E-state index is 13.6. The van der Waals surface area contributed by atoms with Crippen molar-refractivity contribution in [2.75, 3.05) is 37.4 Å². The number of aliphatic hydroxyl groups is 1. The lowest BCUT2D eigenvalue weighted by molar-refractivity contribution is 0.0389. The molecule has 1 aliphatic rings. The van der Waals surface area contributed by atoms with Gasteiger partial charge < -0.3 is 25.4 Å². The molecule has 218 valence electrons. The number of ether oxygens (including phenoxy) is 1. The predicted molar refractivity (Wildman–Crippen MR) is 153 cm³/mol. The zero-order valence-corrected chi connectivity index (χ0v) is 23.8. The molecule has 41 heavy (non-hydrogen) atoms. The van der Waals surface area contributed by atoms with Crippen molar-refractivity contribution in [3.05, 3.63) is 84.2 Å². The number of fused-ring (bicyclic) bond motifs is 1. The highest BCUT2D eigenvalue weighted by Gasteiger charge is 2.36. The maximum atomic E-state index is 13.6. The van der Waals surface area contributed by atoms with Gasteiger partial charge in [-0.2, -0.15) is 4.31 Å². The molecule has 1 heterocycles. The Morgan fingerprint density at radius 2 is 1.78 bits per heavy atom. The normalized spacial score (nSPS) is 18.1. The number of likely N-dealkylation sites (N-methyl/N-ethyl adjacent to an activating group) is 1. The summed E-state index contributed by atoms with van der Waals surface area (Å²) in [6.07, 6.45) is -0.768. The molecule has 0 fully saturated rings. The molecule has 0 spiro atoms. The van der Waals surface area contributed by atoms with E-state index in [1.807, 2.05) is 13.0 Å². The highest BCUT2D eigenvalue weighted by Crippen LogP contribution is 2.35. The number of carbonyl (C=O) groups excluding carboxylic acids is 2. The summed E-state index contributed by atoms with van der Waals surface area (Å²) in [5.41, 5.74) is 0.927. The predicted octanol–water partition coefficient (Wildman–Crippen LogP) is 4.01. The molecule has 0 bridgehead atoms. The Morgan fingerprint density at radius 3 is 2.44 bits per heavy atom. The minimum absolute atomic E-state index is 0.0778. The molecule has 0 radical (unpaired) electrons. The van der Waals surface area contributed by atoms with Gasteiger partial charge in [0.1, 0.15) is 11.9 Å². The van der Waals surface area contributed by atoms with Gasteiger partial charge in [-0.25, -0.2) is 17.6 Å². The number of hydrogen-bond donors (Lipinski definition) is 3. The molecule has 3 aromatic rings. The number of nitrogens with one attached hydrogen (secondary N) is 2. The number of benzene rings is 3. The van der Waals surface area contributed by atoms with Crippen molar-refractivity contribution in [1.82, 2.24) is 9.21 Å². The Morgan fingerprint density at radius 1 is 1.10 bits per heavy atom. The van der Waals surface area contributed by atoms with E-state index in [9.17, 15) is 27.5 Å². The number of aliphatic hydroxyl groups excluding tert-OH is 1. The molecule has 3 amide bonds. The molecular formula is C29H33FN4O6S. The first kappa shape index (κ1) is 30.0. The molecule has 0 unspecified atom stereocenters. The number of sulfonamides is 1. The van der Waals surface area contributed by atoms with Crippen molar-refractivity contribution >= 4 is 33.3 Å². The molecular weight excluding hydrogens is 551 g/mol. The highest BCUT2D eigenvalue weighted by molar-refractivity contribution is 7.89. The molecule has 0 aromatic heterocycles. The van der Waals surface area contributed by atoms with E-state index in [0.717, 1.165) is 16.4 Å². The van der Waals surface area contributed by atoms with Gasteiger partial charge in [0, 0.05) is 25.2 Å². The Hall–Kier alpha value is -4.00. The Bertz CT molecular complexity index is 1490. The van der Waals surface area contributed by atoms with Gasteiger partial charge in [0.05, 0.1) is 35.3 Å². The summed E-state index contributed by atoms with van der Waals surface area (Å²) in [4.78, 5) is 27.9. The molecule has 0 saturated carbocycles. The van der Waals surface area contributed by atoms with Crippen LogP contribution >= 0.6 is 0 Å². The third-order valence-corrected chi connectivity index (χ3v) is 8.77. The number of urea groups is 1. The molecule has 12 heteroatoms. The van der Waals surface area contributed by atoms with Crippen molar-refractivity contribution in [2.24, 2.45) is 5.92 Å². The zero-order valence-electron chi connectivity index (χ0n) is 23.0. The molecule has 3 aromatic carbocycles. The first-order valence-electron chi connectivity index (χ1n) is 13.1. The number of halogens is 1. The molecule has 3 atom stereocenters. The van der Waals surface area contributed by atoms with E-state index >= 15 is 0 Å². The number of amides is 3. The number of rotatable bonds is 8. The van der Waals surface area contributed by atoms with Crippen molar-refractivity contribution in [1.29, 1.82) is 0 Å². The van der Waals surface area contributed by atoms with Crippen LogP contribution in [0.2, 0.25) is 0 Å². The third-order valence-electron chi connectivity index (χ3n) is 6.93. The topological polar surface area (TPSA) is 128 Å². The quantitative estimate of drug-likeness (QED) is 0.367. The summed E-state index contributed by atoms with van der Waals surface area (Å²) in [6, 6.07) is 17.0. The largest absolute Gasteiger partial charge is 0.486 e. The van der Waals surface area contributed by atoms with Crippen LogP contribution in [0.15, 0.2) is 77.7 Å². The van der Waals surface area contributed by atoms with Crippen LogP contribution in [0.3, 0.4) is 0 Å². The minimum Gasteiger partial charge on any atom is -0.486 e. The first-order valence-corrected chi connectivity index (χ1v) is 14.5. The van der Waals surface area contributed by atoms with Crippen LogP contribution in [0.4, 0.5) is 20.6 Å². The van der Waals surface area contributed by atoms with Crippen molar-refractivity contribution in [3.63, 3.8) is 0 Å². The first-order chi connectivity index (χ1) is 19.5. The lowest BCUT2D eigenvalue weighted by Gasteiger charge is -2.38. The van der Waals surface area contributed by atoms with Gasteiger partial charge in [-0.1, -0.05) is 31.2 Å². The van der Waals surface area contributed by atoms with Gasteiger partial charge in [-0.15, -0.1) is 0 Å². The molecule has 0 aliphatic carbocycles. The maximum Gasteiger partial charge on any atom is 0.323 e. The number of nitrogens with zero attached hydrogens (tertiary/aromatic N) is 2. The smallest absolute Gasteiger partial charge is 0.323 e. The molecule has 4 rings (SSSR count). The number of anilines is 2. The Kier molecular flexibility index (Phi) is 9.26. The summed E-state index contributed by atoms with van der Waals surface area (Å²) in [7, 11) is -2.61. The van der Waals surface area contributed by atoms with Crippen molar-refractivity contribution in [3.8, 4) is 5.75 Å². The van der Waals surface area contributed by atoms with Crippen LogP contribution < -0.4 is 15.4 Å². The van der Waals surface area contributed by atoms with Crippen LogP contribution in [0.5, 0.6) is 5.75 Å². The Balaban J connectivity index is 1.68. The average Bonchev–Trinajstić information content (AvgIpc) is 2.95. The standard InChI is InChI=1S/C29H33FN4O6S/c1-19-16-34(20(2)18-35)28(36)24-10-7-11-25(32-29(37)31-22-8-5-4-6-9-22)27(24)40-26(19)17-33(3)41(38,39)23-14-12-21(30)13-15-23/h4-15,19-20,26,35H,16-18H2,1-3H3,(H2,31,32,37)/t19-,20-,26-/m1/s1. The number of carbonyl (C=O) groups is 2. The fraction of sp³-hybridized carbons (Fsp3) is 0.310. The highest BCUT2D eigenvalue weighted by atomic mass is 32.2. The van der Waals surface area contributed by atoms with E-state index in [4.69, 9.17) is 4.74 Å². The second-order valence-corrected chi connectivity index (χ2v) is 12.0. The number of para-hydroxylation sites is 2. The SMILES string of the molecule is C[C@@H]1CN([C@H](C)CO)C(=O)c2cccc(NC(=O)Nc3ccccc3)c2O[C@@H]1CN(C)S(=O)(=O)c1ccc(F)cc1. The molecule has 0 saturated heterocycles. The fourth-order valence-electron chi connectivity index (χ4n) is 4.50. The van der Waals surface area contributed by atoms with Gasteiger partial charge in [-0.05, 0) is 55.5 Å². The van der Waals surface area contributed by atoms with Gasteiger partial charge in [-0.3, -0.25) is 4.79 Å². The summed E-state index contributed by atoms with van der Waals surface area (Å²) < 4.78 is 47.4.